The van der Waals surface area contributed by atoms with Crippen molar-refractivity contribution in [3.05, 3.63) is 0 Å². The molecule has 1 rings (SSSR count). The third-order valence-electron chi connectivity index (χ3n) is 1.60. The Kier molecular flexibility index (Phi) is 2.43. The summed E-state index contributed by atoms with van der Waals surface area (Å²) in [6.07, 6.45) is -3.17. The van der Waals surface area contributed by atoms with Crippen LogP contribution in [0.4, 0.5) is 0 Å². The van der Waals surface area contributed by atoms with Gasteiger partial charge in [0, 0.05) is 6.42 Å². The maximum atomic E-state index is 10.6. The van der Waals surface area contributed by atoms with Crippen LogP contribution in [0.15, 0.2) is 0 Å². The second-order valence-corrected chi connectivity index (χ2v) is 2.49. The van der Waals surface area contributed by atoms with E-state index >= 15 is 0 Å². The van der Waals surface area contributed by atoms with Crippen molar-refractivity contribution in [2.75, 3.05) is 6.61 Å². The summed E-state index contributed by atoms with van der Waals surface area (Å²) in [7, 11) is 0. The lowest BCUT2D eigenvalue weighted by Gasteiger charge is -2.27. The number of ether oxygens (including phenoxy) is 1. The number of carbonyl (C=O) groups is 1. The van der Waals surface area contributed by atoms with E-state index in [1.807, 2.05) is 0 Å². The number of esters is 1. The molecule has 1 saturated heterocycles. The largest absolute Gasteiger partial charge is 0.458 e. The van der Waals surface area contributed by atoms with Gasteiger partial charge in [0.15, 0.2) is 6.10 Å². The molecule has 5 nitrogen and oxygen atoms in total. The molecule has 0 amide bonds. The van der Waals surface area contributed by atoms with E-state index in [2.05, 4.69) is 4.74 Å². The van der Waals surface area contributed by atoms with Gasteiger partial charge < -0.3 is 20.1 Å². The Hall–Kier alpha value is -0.650. The van der Waals surface area contributed by atoms with Crippen molar-refractivity contribution in [2.24, 2.45) is 0 Å². The van der Waals surface area contributed by atoms with Crippen LogP contribution in [0, 0.1) is 0 Å². The normalized spacial score (nSPS) is 38.5. The number of hydrogen-bond donors (Lipinski definition) is 3. The van der Waals surface area contributed by atoms with Crippen LogP contribution in [0.2, 0.25) is 0 Å². The first kappa shape index (κ1) is 8.45. The minimum Gasteiger partial charge on any atom is -0.458 e. The van der Waals surface area contributed by atoms with E-state index in [4.69, 9.17) is 15.3 Å². The van der Waals surface area contributed by atoms with Gasteiger partial charge in [-0.15, -0.1) is 0 Å². The molecular formula is C6H10O5. The Morgan fingerprint density at radius 1 is 1.55 bits per heavy atom. The number of aliphatic hydroxyl groups excluding tert-OH is 3. The van der Waals surface area contributed by atoms with Crippen LogP contribution in [0.5, 0.6) is 0 Å². The molecule has 1 aliphatic rings. The zero-order valence-corrected chi connectivity index (χ0v) is 5.80. The second kappa shape index (κ2) is 3.17. The molecule has 3 N–H and O–H groups in total. The lowest BCUT2D eigenvalue weighted by atomic mass is 10.0. The van der Waals surface area contributed by atoms with Crippen LogP contribution in [0.3, 0.4) is 0 Å². The summed E-state index contributed by atoms with van der Waals surface area (Å²) >= 11 is 0. The van der Waals surface area contributed by atoms with E-state index in [1.54, 1.807) is 0 Å². The number of cyclic esters (lactones) is 1. The standard InChI is InChI=1S/C6H10O5/c7-2-3-1-4(8)5(9)6(10)11-3/h3-5,7-9H,1-2H2/t3-,4-,5+/m0/s1. The second-order valence-electron chi connectivity index (χ2n) is 2.49. The number of carbonyl (C=O) groups excluding carboxylic acids is 1. The van der Waals surface area contributed by atoms with Gasteiger partial charge in [0.1, 0.15) is 6.10 Å². The zero-order valence-electron chi connectivity index (χ0n) is 5.80. The highest BCUT2D eigenvalue weighted by Crippen LogP contribution is 2.14. The molecule has 11 heavy (non-hydrogen) atoms. The van der Waals surface area contributed by atoms with E-state index in [1.165, 1.54) is 0 Å². The number of aliphatic hydroxyl groups is 3. The fourth-order valence-electron chi connectivity index (χ4n) is 0.949. The highest BCUT2D eigenvalue weighted by molar-refractivity contribution is 5.76. The maximum Gasteiger partial charge on any atom is 0.338 e. The molecule has 0 saturated carbocycles. The van der Waals surface area contributed by atoms with E-state index < -0.39 is 24.3 Å². The van der Waals surface area contributed by atoms with Crippen molar-refractivity contribution < 1.29 is 24.9 Å². The van der Waals surface area contributed by atoms with Gasteiger partial charge in [0.05, 0.1) is 12.7 Å². The molecule has 0 bridgehead atoms. The summed E-state index contributed by atoms with van der Waals surface area (Å²) < 4.78 is 4.52. The van der Waals surface area contributed by atoms with E-state index in [0.29, 0.717) is 0 Å². The van der Waals surface area contributed by atoms with Crippen LogP contribution in [0.25, 0.3) is 0 Å². The average molecular weight is 162 g/mol. The molecule has 0 aliphatic carbocycles. The van der Waals surface area contributed by atoms with Crippen molar-refractivity contribution in [3.8, 4) is 0 Å². The van der Waals surface area contributed by atoms with E-state index in [-0.39, 0.29) is 13.0 Å². The molecule has 1 heterocycles. The molecule has 1 aliphatic heterocycles. The summed E-state index contributed by atoms with van der Waals surface area (Å²) in [6, 6.07) is 0. The van der Waals surface area contributed by atoms with Crippen LogP contribution >= 0.6 is 0 Å². The molecule has 0 aromatic carbocycles. The fraction of sp³-hybridized carbons (Fsp3) is 0.833. The summed E-state index contributed by atoms with van der Waals surface area (Å²) in [4.78, 5) is 10.6. The molecule has 0 unspecified atom stereocenters. The van der Waals surface area contributed by atoms with E-state index in [0.717, 1.165) is 0 Å². The first-order chi connectivity index (χ1) is 5.15. The number of hydrogen-bond acceptors (Lipinski definition) is 5. The smallest absolute Gasteiger partial charge is 0.338 e. The summed E-state index contributed by atoms with van der Waals surface area (Å²) in [5, 5.41) is 26.4. The Bertz CT molecular complexity index is 157. The van der Waals surface area contributed by atoms with Gasteiger partial charge in [0.25, 0.3) is 0 Å². The highest BCUT2D eigenvalue weighted by atomic mass is 16.6. The fourth-order valence-corrected chi connectivity index (χ4v) is 0.949. The molecule has 3 atom stereocenters. The summed E-state index contributed by atoms with van der Waals surface area (Å²) in [6.45, 7) is -0.324. The SMILES string of the molecule is O=C1O[C@H](CO)C[C@H](O)[C@H]1O. The highest BCUT2D eigenvalue weighted by Gasteiger charge is 2.35. The van der Waals surface area contributed by atoms with Crippen LogP contribution in [-0.2, 0) is 9.53 Å². The van der Waals surface area contributed by atoms with Crippen LogP contribution in [-0.4, -0.2) is 46.2 Å². The van der Waals surface area contributed by atoms with Crippen molar-refractivity contribution >= 4 is 5.97 Å². The van der Waals surface area contributed by atoms with E-state index in [9.17, 15) is 4.79 Å². The molecule has 0 aromatic heterocycles. The van der Waals surface area contributed by atoms with Crippen molar-refractivity contribution in [1.82, 2.24) is 0 Å². The molecular weight excluding hydrogens is 152 g/mol. The van der Waals surface area contributed by atoms with Crippen LogP contribution in [0.1, 0.15) is 6.42 Å². The lowest BCUT2D eigenvalue weighted by Crippen LogP contribution is -2.46. The Morgan fingerprint density at radius 3 is 2.64 bits per heavy atom. The van der Waals surface area contributed by atoms with Crippen molar-refractivity contribution in [2.45, 2.75) is 24.7 Å². The lowest BCUT2D eigenvalue weighted by molar-refractivity contribution is -0.181. The topological polar surface area (TPSA) is 87.0 Å². The van der Waals surface area contributed by atoms with Gasteiger partial charge in [-0.25, -0.2) is 4.79 Å². The van der Waals surface area contributed by atoms with Gasteiger partial charge in [-0.05, 0) is 0 Å². The third kappa shape index (κ3) is 1.68. The quantitative estimate of drug-likeness (QED) is 0.389. The molecule has 1 fully saturated rings. The molecule has 0 aromatic rings. The van der Waals surface area contributed by atoms with Gasteiger partial charge in [-0.1, -0.05) is 0 Å². The first-order valence-corrected chi connectivity index (χ1v) is 3.32. The van der Waals surface area contributed by atoms with Crippen LogP contribution < -0.4 is 0 Å². The summed E-state index contributed by atoms with van der Waals surface area (Å²) in [5.74, 6) is -0.872. The summed E-state index contributed by atoms with van der Waals surface area (Å²) in [5.41, 5.74) is 0. The predicted octanol–water partition coefficient (Wildman–Crippen LogP) is -1.98. The predicted molar refractivity (Wildman–Crippen MR) is 33.6 cm³/mol. The van der Waals surface area contributed by atoms with Gasteiger partial charge in [0.2, 0.25) is 0 Å². The van der Waals surface area contributed by atoms with Gasteiger partial charge in [-0.2, -0.15) is 0 Å². The minimum atomic E-state index is -1.46. The minimum absolute atomic E-state index is 0.0867. The zero-order chi connectivity index (χ0) is 8.43. The average Bonchev–Trinajstić information content (AvgIpc) is 1.99. The molecule has 5 heteroatoms. The monoisotopic (exact) mass is 162 g/mol. The molecule has 0 radical (unpaired) electrons. The molecule has 0 spiro atoms. The van der Waals surface area contributed by atoms with Crippen molar-refractivity contribution in [3.63, 3.8) is 0 Å². The van der Waals surface area contributed by atoms with Gasteiger partial charge in [-0.3, -0.25) is 0 Å². The third-order valence-corrected chi connectivity index (χ3v) is 1.60. The first-order valence-electron chi connectivity index (χ1n) is 3.32. The Balaban J connectivity index is 2.54. The molecule has 64 valence electrons. The van der Waals surface area contributed by atoms with Gasteiger partial charge >= 0.3 is 5.97 Å². The number of rotatable bonds is 1. The maximum absolute atomic E-state index is 10.6. The van der Waals surface area contributed by atoms with Crippen molar-refractivity contribution in [1.29, 1.82) is 0 Å². The Labute approximate surface area is 63.2 Å². The Morgan fingerprint density at radius 2 is 2.18 bits per heavy atom.